The SMILES string of the molecule is CCN(CCNC(=NC)N(C)Cc1cc(Br)cn1C)C(C)C. The summed E-state index contributed by atoms with van der Waals surface area (Å²) in [4.78, 5) is 8.97. The summed E-state index contributed by atoms with van der Waals surface area (Å²) in [6.45, 7) is 10.5. The number of aryl methyl sites for hydroxylation is 1. The number of aromatic nitrogens is 1. The Morgan fingerprint density at radius 3 is 2.59 bits per heavy atom. The highest BCUT2D eigenvalue weighted by molar-refractivity contribution is 9.10. The van der Waals surface area contributed by atoms with Gasteiger partial charge in [0.1, 0.15) is 0 Å². The van der Waals surface area contributed by atoms with Gasteiger partial charge < -0.3 is 14.8 Å². The molecule has 1 rings (SSSR count). The Morgan fingerprint density at radius 2 is 2.14 bits per heavy atom. The number of likely N-dealkylation sites (N-methyl/N-ethyl adjacent to an activating group) is 1. The molecule has 0 fully saturated rings. The molecule has 0 amide bonds. The fourth-order valence-electron chi connectivity index (χ4n) is 2.52. The normalized spacial score (nSPS) is 12.3. The lowest BCUT2D eigenvalue weighted by Gasteiger charge is -2.27. The van der Waals surface area contributed by atoms with Crippen LogP contribution >= 0.6 is 15.9 Å². The molecule has 0 saturated carbocycles. The van der Waals surface area contributed by atoms with Gasteiger partial charge in [-0.25, -0.2) is 0 Å². The molecular formula is C16H30BrN5. The zero-order valence-corrected chi connectivity index (χ0v) is 16.3. The van der Waals surface area contributed by atoms with Crippen LogP contribution in [0.2, 0.25) is 0 Å². The highest BCUT2D eigenvalue weighted by Crippen LogP contribution is 2.14. The first-order valence-corrected chi connectivity index (χ1v) is 8.64. The van der Waals surface area contributed by atoms with Gasteiger partial charge in [-0.2, -0.15) is 0 Å². The van der Waals surface area contributed by atoms with E-state index < -0.39 is 0 Å². The first-order chi connectivity index (χ1) is 10.4. The maximum absolute atomic E-state index is 4.38. The van der Waals surface area contributed by atoms with Gasteiger partial charge in [-0.15, -0.1) is 0 Å². The van der Waals surface area contributed by atoms with E-state index in [2.05, 4.69) is 87.7 Å². The lowest BCUT2D eigenvalue weighted by molar-refractivity contribution is 0.236. The molecule has 1 N–H and O–H groups in total. The van der Waals surface area contributed by atoms with Crippen LogP contribution in [0, 0.1) is 0 Å². The monoisotopic (exact) mass is 371 g/mol. The Kier molecular flexibility index (Phi) is 7.96. The molecule has 0 saturated heterocycles. The van der Waals surface area contributed by atoms with Crippen LogP contribution in [0.5, 0.6) is 0 Å². The van der Waals surface area contributed by atoms with Gasteiger partial charge >= 0.3 is 0 Å². The predicted molar refractivity (Wildman–Crippen MR) is 98.3 cm³/mol. The zero-order chi connectivity index (χ0) is 16.7. The molecule has 0 spiro atoms. The smallest absolute Gasteiger partial charge is 0.193 e. The van der Waals surface area contributed by atoms with Crippen LogP contribution in [0.25, 0.3) is 0 Å². The summed E-state index contributed by atoms with van der Waals surface area (Å²) in [6, 6.07) is 2.72. The average molecular weight is 372 g/mol. The number of nitrogens with zero attached hydrogens (tertiary/aromatic N) is 4. The number of rotatable bonds is 7. The number of aliphatic imine (C=N–C) groups is 1. The van der Waals surface area contributed by atoms with Crippen LogP contribution in [0.3, 0.4) is 0 Å². The minimum Gasteiger partial charge on any atom is -0.355 e. The fraction of sp³-hybridized carbons (Fsp3) is 0.688. The molecule has 0 unspecified atom stereocenters. The molecule has 22 heavy (non-hydrogen) atoms. The number of halogens is 1. The van der Waals surface area contributed by atoms with Crippen LogP contribution in [-0.4, -0.2) is 60.1 Å². The maximum atomic E-state index is 4.38. The molecule has 0 aliphatic heterocycles. The van der Waals surface area contributed by atoms with E-state index in [4.69, 9.17) is 0 Å². The molecule has 0 atom stereocenters. The highest BCUT2D eigenvalue weighted by atomic mass is 79.9. The van der Waals surface area contributed by atoms with Crippen molar-refractivity contribution in [3.63, 3.8) is 0 Å². The summed E-state index contributed by atoms with van der Waals surface area (Å²) >= 11 is 3.52. The number of hydrogen-bond donors (Lipinski definition) is 1. The second-order valence-corrected chi connectivity index (χ2v) is 6.73. The Bertz CT molecular complexity index is 481. The summed E-state index contributed by atoms with van der Waals surface area (Å²) in [5.41, 5.74) is 1.25. The van der Waals surface area contributed by atoms with Crippen molar-refractivity contribution in [2.24, 2.45) is 12.0 Å². The molecule has 6 heteroatoms. The van der Waals surface area contributed by atoms with Gasteiger partial charge in [-0.3, -0.25) is 9.89 Å². The summed E-state index contributed by atoms with van der Waals surface area (Å²) in [5.74, 6) is 0.928. The van der Waals surface area contributed by atoms with E-state index in [-0.39, 0.29) is 0 Å². The maximum Gasteiger partial charge on any atom is 0.193 e. The van der Waals surface area contributed by atoms with Crippen molar-refractivity contribution in [2.45, 2.75) is 33.4 Å². The van der Waals surface area contributed by atoms with E-state index in [1.807, 2.05) is 7.05 Å². The molecule has 0 aliphatic carbocycles. The third-order valence-corrected chi connectivity index (χ3v) is 4.30. The zero-order valence-electron chi connectivity index (χ0n) is 14.7. The second-order valence-electron chi connectivity index (χ2n) is 5.81. The lowest BCUT2D eigenvalue weighted by atomic mass is 10.3. The molecule has 0 aliphatic rings. The minimum absolute atomic E-state index is 0.576. The molecule has 0 aromatic carbocycles. The molecule has 0 bridgehead atoms. The lowest BCUT2D eigenvalue weighted by Crippen LogP contribution is -2.43. The molecule has 1 aromatic heterocycles. The van der Waals surface area contributed by atoms with Gasteiger partial charge in [0.05, 0.1) is 6.54 Å². The van der Waals surface area contributed by atoms with E-state index in [9.17, 15) is 0 Å². The second kappa shape index (κ2) is 9.20. The van der Waals surface area contributed by atoms with E-state index >= 15 is 0 Å². The summed E-state index contributed by atoms with van der Waals surface area (Å²) in [7, 11) is 5.96. The van der Waals surface area contributed by atoms with Crippen LogP contribution in [0.15, 0.2) is 21.7 Å². The number of hydrogen-bond acceptors (Lipinski definition) is 2. The quantitative estimate of drug-likeness (QED) is 0.590. The van der Waals surface area contributed by atoms with E-state index in [0.29, 0.717) is 6.04 Å². The standard InChI is InChI=1S/C16H30BrN5/c1-7-22(13(2)3)9-8-19-16(18-4)21(6)12-15-10-14(17)11-20(15)5/h10-11,13H,7-9,12H2,1-6H3,(H,18,19). The first kappa shape index (κ1) is 19.0. The third kappa shape index (κ3) is 5.65. The molecule has 1 heterocycles. The van der Waals surface area contributed by atoms with Gasteiger partial charge in [0.15, 0.2) is 5.96 Å². The Morgan fingerprint density at radius 1 is 1.45 bits per heavy atom. The average Bonchev–Trinajstić information content (AvgIpc) is 2.76. The minimum atomic E-state index is 0.576. The van der Waals surface area contributed by atoms with Gasteiger partial charge in [-0.1, -0.05) is 6.92 Å². The van der Waals surface area contributed by atoms with Gasteiger partial charge in [0.2, 0.25) is 0 Å². The van der Waals surface area contributed by atoms with Crippen molar-refractivity contribution in [2.75, 3.05) is 33.7 Å². The first-order valence-electron chi connectivity index (χ1n) is 7.85. The largest absolute Gasteiger partial charge is 0.355 e. The van der Waals surface area contributed by atoms with E-state index in [1.54, 1.807) is 0 Å². The fourth-order valence-corrected chi connectivity index (χ4v) is 3.09. The van der Waals surface area contributed by atoms with Crippen molar-refractivity contribution < 1.29 is 0 Å². The Balaban J connectivity index is 2.52. The van der Waals surface area contributed by atoms with Crippen molar-refractivity contribution in [1.82, 2.24) is 19.7 Å². The number of nitrogens with one attached hydrogen (secondary N) is 1. The molecule has 1 aromatic rings. The van der Waals surface area contributed by atoms with Crippen LogP contribution < -0.4 is 5.32 Å². The van der Waals surface area contributed by atoms with E-state index in [1.165, 1.54) is 5.69 Å². The highest BCUT2D eigenvalue weighted by Gasteiger charge is 2.11. The van der Waals surface area contributed by atoms with Crippen molar-refractivity contribution in [3.8, 4) is 0 Å². The van der Waals surface area contributed by atoms with Crippen molar-refractivity contribution in [3.05, 3.63) is 22.4 Å². The summed E-state index contributed by atoms with van der Waals surface area (Å²) in [5, 5.41) is 3.45. The predicted octanol–water partition coefficient (Wildman–Crippen LogP) is 2.53. The van der Waals surface area contributed by atoms with Gasteiger partial charge in [0, 0.05) is 56.6 Å². The molecule has 5 nitrogen and oxygen atoms in total. The molecular weight excluding hydrogens is 342 g/mol. The van der Waals surface area contributed by atoms with Gasteiger partial charge in [-0.05, 0) is 42.4 Å². The Hall–Kier alpha value is -1.01. The van der Waals surface area contributed by atoms with Crippen LogP contribution in [-0.2, 0) is 13.6 Å². The Labute approximate surface area is 143 Å². The van der Waals surface area contributed by atoms with Crippen molar-refractivity contribution in [1.29, 1.82) is 0 Å². The number of guanidine groups is 1. The summed E-state index contributed by atoms with van der Waals surface area (Å²) in [6.07, 6.45) is 2.07. The van der Waals surface area contributed by atoms with Crippen LogP contribution in [0.4, 0.5) is 0 Å². The summed E-state index contributed by atoms with van der Waals surface area (Å²) < 4.78 is 3.24. The van der Waals surface area contributed by atoms with E-state index in [0.717, 1.165) is 36.6 Å². The third-order valence-electron chi connectivity index (χ3n) is 3.87. The van der Waals surface area contributed by atoms with Crippen LogP contribution in [0.1, 0.15) is 26.5 Å². The molecule has 0 radical (unpaired) electrons. The topological polar surface area (TPSA) is 35.8 Å². The van der Waals surface area contributed by atoms with Crippen molar-refractivity contribution >= 4 is 21.9 Å². The van der Waals surface area contributed by atoms with Gasteiger partial charge in [0.25, 0.3) is 0 Å². The molecule has 126 valence electrons.